The molecule has 7 heteroatoms. The fourth-order valence-electron chi connectivity index (χ4n) is 3.50. The number of aliphatic imine (C=N–C) groups is 1. The quantitative estimate of drug-likeness (QED) is 0.293. The molecule has 0 saturated carbocycles. The first-order chi connectivity index (χ1) is 16.1. The van der Waals surface area contributed by atoms with E-state index in [0.717, 1.165) is 22.5 Å². The number of amidine groups is 1. The highest BCUT2D eigenvalue weighted by Gasteiger charge is 2.18. The van der Waals surface area contributed by atoms with Gasteiger partial charge in [0, 0.05) is 37.5 Å². The Hall–Kier alpha value is -4.15. The molecule has 1 amide bonds. The normalized spacial score (nSPS) is 14.6. The number of carbonyl (C=O) groups is 1. The third-order valence-electron chi connectivity index (χ3n) is 5.39. The summed E-state index contributed by atoms with van der Waals surface area (Å²) in [7, 11) is 1.62. The van der Waals surface area contributed by atoms with Crippen LogP contribution in [0.1, 0.15) is 16.1 Å². The smallest absolute Gasteiger partial charge is 0.254 e. The van der Waals surface area contributed by atoms with E-state index in [9.17, 15) is 4.79 Å². The van der Waals surface area contributed by atoms with Crippen LogP contribution in [0.4, 0.5) is 0 Å². The lowest BCUT2D eigenvalue weighted by Crippen LogP contribution is -2.40. The molecule has 0 radical (unpaired) electrons. The maximum atomic E-state index is 12.7. The summed E-state index contributed by atoms with van der Waals surface area (Å²) in [6, 6.07) is 11.6. The number of amides is 1. The maximum Gasteiger partial charge on any atom is 0.254 e. The Morgan fingerprint density at radius 2 is 1.91 bits per heavy atom. The first-order valence-electron chi connectivity index (χ1n) is 10.6. The highest BCUT2D eigenvalue weighted by Crippen LogP contribution is 2.22. The molecule has 0 aliphatic carbocycles. The number of rotatable bonds is 4. The van der Waals surface area contributed by atoms with Gasteiger partial charge < -0.3 is 15.4 Å². The van der Waals surface area contributed by atoms with Crippen molar-refractivity contribution >= 4 is 17.4 Å². The number of morpholine rings is 1. The molecular formula is C26H25N5O2. The number of ether oxygens (including phenoxy) is 1. The molecule has 3 heterocycles. The average molecular weight is 440 g/mol. The monoisotopic (exact) mass is 439 g/mol. The Bertz CT molecular complexity index is 1300. The summed E-state index contributed by atoms with van der Waals surface area (Å²) < 4.78 is 7.27. The fourth-order valence-corrected chi connectivity index (χ4v) is 3.50. The average Bonchev–Trinajstić information content (AvgIpc) is 3.28. The minimum Gasteiger partial charge on any atom is -0.384 e. The SMILES string of the molecule is C=C/C(C#Cc1cnc2ccc(-c3ccc(C(=O)N4CCOCC4)cc3)cn12)=C\C(N)=NC. The number of allylic oxidation sites excluding steroid dienone is 2. The predicted molar refractivity (Wildman–Crippen MR) is 130 cm³/mol. The Morgan fingerprint density at radius 1 is 1.18 bits per heavy atom. The second-order valence-corrected chi connectivity index (χ2v) is 7.47. The minimum absolute atomic E-state index is 0.0345. The molecule has 0 spiro atoms. The van der Waals surface area contributed by atoms with Gasteiger partial charge in [0.25, 0.3) is 5.91 Å². The first-order valence-corrected chi connectivity index (χ1v) is 10.6. The summed E-state index contributed by atoms with van der Waals surface area (Å²) in [5.41, 5.74) is 10.6. The van der Waals surface area contributed by atoms with Gasteiger partial charge in [-0.25, -0.2) is 4.98 Å². The Balaban J connectivity index is 1.60. The van der Waals surface area contributed by atoms with Crippen molar-refractivity contribution in [3.8, 4) is 23.0 Å². The van der Waals surface area contributed by atoms with Crippen LogP contribution >= 0.6 is 0 Å². The maximum absolute atomic E-state index is 12.7. The molecule has 0 unspecified atom stereocenters. The van der Waals surface area contributed by atoms with Crippen molar-refractivity contribution in [1.29, 1.82) is 0 Å². The zero-order valence-electron chi connectivity index (χ0n) is 18.5. The standard InChI is InChI=1S/C26H25N5O2/c1-3-19(16-24(27)28-2)4-10-23-17-29-25-11-9-22(18-31(23)25)20-5-7-21(8-6-20)26(32)30-12-14-33-15-13-30/h3,5-9,11,16-18H,1,12-15H2,2H3,(H2,27,28)/b19-16+. The number of imidazole rings is 1. The van der Waals surface area contributed by atoms with Gasteiger partial charge in [-0.05, 0) is 47.4 Å². The molecule has 1 fully saturated rings. The lowest BCUT2D eigenvalue weighted by atomic mass is 10.0. The van der Waals surface area contributed by atoms with Crippen LogP contribution in [0.5, 0.6) is 0 Å². The molecular weight excluding hydrogens is 414 g/mol. The van der Waals surface area contributed by atoms with E-state index in [-0.39, 0.29) is 5.91 Å². The largest absolute Gasteiger partial charge is 0.384 e. The van der Waals surface area contributed by atoms with E-state index in [2.05, 4.69) is 28.4 Å². The summed E-state index contributed by atoms with van der Waals surface area (Å²) >= 11 is 0. The summed E-state index contributed by atoms with van der Waals surface area (Å²) in [6.07, 6.45) is 7.03. The zero-order valence-corrected chi connectivity index (χ0v) is 18.5. The number of nitrogens with zero attached hydrogens (tertiary/aromatic N) is 4. The van der Waals surface area contributed by atoms with Gasteiger partial charge in [0.05, 0.1) is 19.4 Å². The summed E-state index contributed by atoms with van der Waals surface area (Å²) in [6.45, 7) is 6.21. The van der Waals surface area contributed by atoms with Crippen LogP contribution in [0.2, 0.25) is 0 Å². The molecule has 7 nitrogen and oxygen atoms in total. The summed E-state index contributed by atoms with van der Waals surface area (Å²) in [5.74, 6) is 6.61. The molecule has 3 aromatic rings. The topological polar surface area (TPSA) is 85.2 Å². The van der Waals surface area contributed by atoms with E-state index < -0.39 is 0 Å². The Kier molecular flexibility index (Phi) is 6.67. The van der Waals surface area contributed by atoms with Crippen molar-refractivity contribution in [1.82, 2.24) is 14.3 Å². The van der Waals surface area contributed by atoms with E-state index in [1.54, 1.807) is 25.4 Å². The van der Waals surface area contributed by atoms with Crippen LogP contribution in [0, 0.1) is 11.8 Å². The number of hydrogen-bond donors (Lipinski definition) is 1. The number of hydrogen-bond acceptors (Lipinski definition) is 4. The minimum atomic E-state index is 0.0345. The predicted octanol–water partition coefficient (Wildman–Crippen LogP) is 2.92. The van der Waals surface area contributed by atoms with Gasteiger partial charge >= 0.3 is 0 Å². The Labute approximate surface area is 192 Å². The third kappa shape index (κ3) is 5.03. The molecule has 166 valence electrons. The van der Waals surface area contributed by atoms with Gasteiger partial charge in [0.1, 0.15) is 17.2 Å². The molecule has 1 saturated heterocycles. The van der Waals surface area contributed by atoms with Crippen molar-refractivity contribution in [3.05, 3.63) is 84.4 Å². The molecule has 1 aromatic carbocycles. The van der Waals surface area contributed by atoms with Crippen molar-refractivity contribution in [3.63, 3.8) is 0 Å². The summed E-state index contributed by atoms with van der Waals surface area (Å²) in [4.78, 5) is 22.9. The van der Waals surface area contributed by atoms with E-state index in [1.807, 2.05) is 51.9 Å². The molecule has 0 atom stereocenters. The van der Waals surface area contributed by atoms with Gasteiger partial charge in [-0.3, -0.25) is 14.2 Å². The van der Waals surface area contributed by atoms with Gasteiger partial charge in [-0.1, -0.05) is 30.7 Å². The van der Waals surface area contributed by atoms with Crippen molar-refractivity contribution in [2.45, 2.75) is 0 Å². The number of benzene rings is 1. The number of nitrogens with two attached hydrogens (primary N) is 1. The fraction of sp³-hybridized carbons (Fsp3) is 0.192. The number of aromatic nitrogens is 2. The van der Waals surface area contributed by atoms with Crippen LogP contribution < -0.4 is 5.73 Å². The Morgan fingerprint density at radius 3 is 2.61 bits per heavy atom. The number of pyridine rings is 1. The highest BCUT2D eigenvalue weighted by atomic mass is 16.5. The lowest BCUT2D eigenvalue weighted by Gasteiger charge is -2.26. The van der Waals surface area contributed by atoms with Crippen LogP contribution in [0.25, 0.3) is 16.8 Å². The van der Waals surface area contributed by atoms with Crippen molar-refractivity contribution in [2.24, 2.45) is 10.7 Å². The van der Waals surface area contributed by atoms with Crippen LogP contribution in [-0.4, -0.2) is 59.4 Å². The molecule has 1 aliphatic heterocycles. The number of carbonyl (C=O) groups excluding carboxylic acids is 1. The van der Waals surface area contributed by atoms with E-state index >= 15 is 0 Å². The van der Waals surface area contributed by atoms with Gasteiger partial charge in [-0.2, -0.15) is 0 Å². The number of fused-ring (bicyclic) bond motifs is 1. The molecule has 2 aromatic heterocycles. The van der Waals surface area contributed by atoms with Gasteiger partial charge in [0.15, 0.2) is 0 Å². The van der Waals surface area contributed by atoms with Gasteiger partial charge in [0.2, 0.25) is 0 Å². The van der Waals surface area contributed by atoms with Crippen LogP contribution in [-0.2, 0) is 4.74 Å². The zero-order chi connectivity index (χ0) is 23.2. The van der Waals surface area contributed by atoms with Crippen LogP contribution in [0.15, 0.2) is 78.1 Å². The second-order valence-electron chi connectivity index (χ2n) is 7.47. The molecule has 2 N–H and O–H groups in total. The van der Waals surface area contributed by atoms with Crippen molar-refractivity contribution in [2.75, 3.05) is 33.4 Å². The summed E-state index contributed by atoms with van der Waals surface area (Å²) in [5, 5.41) is 0. The molecule has 33 heavy (non-hydrogen) atoms. The van der Waals surface area contributed by atoms with E-state index in [0.29, 0.717) is 43.3 Å². The van der Waals surface area contributed by atoms with Crippen molar-refractivity contribution < 1.29 is 9.53 Å². The van der Waals surface area contributed by atoms with Crippen LogP contribution in [0.3, 0.4) is 0 Å². The molecule has 1 aliphatic rings. The van der Waals surface area contributed by atoms with E-state index in [4.69, 9.17) is 10.5 Å². The van der Waals surface area contributed by atoms with Gasteiger partial charge in [-0.15, -0.1) is 0 Å². The third-order valence-corrected chi connectivity index (χ3v) is 5.39. The molecule has 0 bridgehead atoms. The highest BCUT2D eigenvalue weighted by molar-refractivity contribution is 5.95. The lowest BCUT2D eigenvalue weighted by molar-refractivity contribution is 0.0303. The second kappa shape index (κ2) is 9.98. The van der Waals surface area contributed by atoms with E-state index in [1.165, 1.54) is 0 Å². The molecule has 4 rings (SSSR count). The first kappa shape index (κ1) is 22.1.